The fourth-order valence-electron chi connectivity index (χ4n) is 3.36. The average Bonchev–Trinajstić information content (AvgIpc) is 3.20. The van der Waals surface area contributed by atoms with Crippen LogP contribution >= 0.6 is 0 Å². The van der Waals surface area contributed by atoms with Crippen molar-refractivity contribution in [2.75, 3.05) is 17.7 Å². The molecule has 2 heterocycles. The molecule has 4 aromatic rings. The summed E-state index contributed by atoms with van der Waals surface area (Å²) in [5.41, 5.74) is 4.24. The molecule has 162 valence electrons. The molecular formula is C24H23N5O3. The fraction of sp³-hybridized carbons (Fsp3) is 0.167. The van der Waals surface area contributed by atoms with Crippen LogP contribution in [0.25, 0.3) is 10.9 Å². The summed E-state index contributed by atoms with van der Waals surface area (Å²) in [6.07, 6.45) is 3.12. The van der Waals surface area contributed by atoms with Crippen molar-refractivity contribution in [2.45, 2.75) is 20.4 Å². The number of aromatic nitrogens is 3. The molecule has 2 amide bonds. The van der Waals surface area contributed by atoms with E-state index in [0.29, 0.717) is 28.4 Å². The molecule has 0 bridgehead atoms. The van der Waals surface area contributed by atoms with E-state index in [2.05, 4.69) is 20.7 Å². The monoisotopic (exact) mass is 429 g/mol. The quantitative estimate of drug-likeness (QED) is 0.484. The minimum Gasteiger partial charge on any atom is -0.497 e. The molecule has 8 heteroatoms. The molecule has 0 fully saturated rings. The van der Waals surface area contributed by atoms with Crippen LogP contribution in [0.3, 0.4) is 0 Å². The van der Waals surface area contributed by atoms with Crippen LogP contribution in [0, 0.1) is 13.8 Å². The highest BCUT2D eigenvalue weighted by molar-refractivity contribution is 6.06. The lowest BCUT2D eigenvalue weighted by Crippen LogP contribution is -2.19. The van der Waals surface area contributed by atoms with Gasteiger partial charge in [0.1, 0.15) is 12.3 Å². The van der Waals surface area contributed by atoms with Gasteiger partial charge in [-0.15, -0.1) is 0 Å². The van der Waals surface area contributed by atoms with Gasteiger partial charge in [-0.2, -0.15) is 5.10 Å². The van der Waals surface area contributed by atoms with Crippen LogP contribution in [0.4, 0.5) is 11.4 Å². The summed E-state index contributed by atoms with van der Waals surface area (Å²) < 4.78 is 6.57. The highest BCUT2D eigenvalue weighted by Crippen LogP contribution is 2.19. The number of hydrogen-bond donors (Lipinski definition) is 2. The van der Waals surface area contributed by atoms with Gasteiger partial charge in [-0.25, -0.2) is 0 Å². The van der Waals surface area contributed by atoms with E-state index in [1.165, 1.54) is 10.9 Å². The van der Waals surface area contributed by atoms with Gasteiger partial charge in [-0.3, -0.25) is 19.3 Å². The van der Waals surface area contributed by atoms with Gasteiger partial charge >= 0.3 is 0 Å². The lowest BCUT2D eigenvalue weighted by molar-refractivity contribution is -0.116. The summed E-state index contributed by atoms with van der Waals surface area (Å²) in [7, 11) is 1.58. The van der Waals surface area contributed by atoms with Crippen LogP contribution in [0.2, 0.25) is 0 Å². The molecule has 2 aromatic carbocycles. The smallest absolute Gasteiger partial charge is 0.257 e. The van der Waals surface area contributed by atoms with Crippen LogP contribution in [-0.4, -0.2) is 33.7 Å². The Morgan fingerprint density at radius 1 is 1.00 bits per heavy atom. The van der Waals surface area contributed by atoms with Crippen LogP contribution in [0.15, 0.2) is 60.9 Å². The van der Waals surface area contributed by atoms with Gasteiger partial charge in [0.2, 0.25) is 5.91 Å². The molecule has 0 unspecified atom stereocenters. The van der Waals surface area contributed by atoms with E-state index in [-0.39, 0.29) is 18.4 Å². The second-order valence-electron chi connectivity index (χ2n) is 7.47. The largest absolute Gasteiger partial charge is 0.497 e. The van der Waals surface area contributed by atoms with Crippen LogP contribution in [-0.2, 0) is 11.3 Å². The van der Waals surface area contributed by atoms with Crippen molar-refractivity contribution < 1.29 is 14.3 Å². The van der Waals surface area contributed by atoms with Crippen LogP contribution in [0.5, 0.6) is 5.75 Å². The number of nitrogens with one attached hydrogen (secondary N) is 2. The number of anilines is 2. The molecule has 2 N–H and O–H groups in total. The summed E-state index contributed by atoms with van der Waals surface area (Å²) in [5.74, 6) is 0.198. The minimum absolute atomic E-state index is 0.0116. The van der Waals surface area contributed by atoms with E-state index in [4.69, 9.17) is 4.74 Å². The maximum Gasteiger partial charge on any atom is 0.257 e. The van der Waals surface area contributed by atoms with Crippen molar-refractivity contribution in [3.63, 3.8) is 0 Å². The van der Waals surface area contributed by atoms with E-state index in [1.54, 1.807) is 44.5 Å². The Hall–Kier alpha value is -4.20. The highest BCUT2D eigenvalue weighted by Gasteiger charge is 2.14. The number of benzene rings is 2. The fourth-order valence-corrected chi connectivity index (χ4v) is 3.36. The Balaban J connectivity index is 1.41. The van der Waals surface area contributed by atoms with Gasteiger partial charge in [-0.05, 0) is 56.3 Å². The Morgan fingerprint density at radius 3 is 2.53 bits per heavy atom. The second kappa shape index (κ2) is 8.89. The van der Waals surface area contributed by atoms with Gasteiger partial charge < -0.3 is 15.4 Å². The average molecular weight is 429 g/mol. The molecule has 4 rings (SSSR count). The van der Waals surface area contributed by atoms with Gasteiger partial charge in [0.15, 0.2) is 0 Å². The number of rotatable bonds is 6. The maximum absolute atomic E-state index is 12.8. The molecule has 0 aliphatic carbocycles. The van der Waals surface area contributed by atoms with Crippen molar-refractivity contribution in [1.29, 1.82) is 0 Å². The molecule has 2 aromatic heterocycles. The number of nitrogens with zero attached hydrogens (tertiary/aromatic N) is 3. The second-order valence-corrected chi connectivity index (χ2v) is 7.47. The number of carbonyl (C=O) groups excluding carboxylic acids is 2. The molecular weight excluding hydrogens is 406 g/mol. The molecule has 0 aliphatic heterocycles. The predicted octanol–water partition coefficient (Wildman–Crippen LogP) is 3.95. The van der Waals surface area contributed by atoms with Crippen LogP contribution < -0.4 is 15.4 Å². The van der Waals surface area contributed by atoms with Crippen molar-refractivity contribution in [3.8, 4) is 5.75 Å². The first-order valence-electron chi connectivity index (χ1n) is 10.1. The molecule has 32 heavy (non-hydrogen) atoms. The minimum atomic E-state index is -0.277. The number of ether oxygens (including phenoxy) is 1. The first kappa shape index (κ1) is 21.0. The molecule has 0 atom stereocenters. The van der Waals surface area contributed by atoms with E-state index < -0.39 is 0 Å². The maximum atomic E-state index is 12.8. The third kappa shape index (κ3) is 4.75. The first-order valence-corrected chi connectivity index (χ1v) is 10.1. The number of methoxy groups -OCH3 is 1. The Kier molecular flexibility index (Phi) is 5.85. The van der Waals surface area contributed by atoms with Gasteiger partial charge in [0.05, 0.1) is 35.8 Å². The number of hydrogen-bond acceptors (Lipinski definition) is 5. The Morgan fingerprint density at radius 2 is 1.78 bits per heavy atom. The lowest BCUT2D eigenvalue weighted by atomic mass is 10.1. The zero-order valence-electron chi connectivity index (χ0n) is 18.0. The summed E-state index contributed by atoms with van der Waals surface area (Å²) in [4.78, 5) is 29.6. The Labute approximate surface area is 185 Å². The number of pyridine rings is 1. The van der Waals surface area contributed by atoms with Gasteiger partial charge in [-0.1, -0.05) is 11.6 Å². The van der Waals surface area contributed by atoms with Crippen LogP contribution in [0.1, 0.15) is 21.6 Å². The zero-order chi connectivity index (χ0) is 22.7. The highest BCUT2D eigenvalue weighted by atomic mass is 16.5. The lowest BCUT2D eigenvalue weighted by Gasteiger charge is -2.08. The first-order chi connectivity index (χ1) is 15.4. The van der Waals surface area contributed by atoms with Crippen molar-refractivity contribution in [1.82, 2.24) is 14.8 Å². The van der Waals surface area contributed by atoms with Crippen molar-refractivity contribution in [3.05, 3.63) is 77.7 Å². The van der Waals surface area contributed by atoms with Crippen molar-refractivity contribution in [2.24, 2.45) is 0 Å². The summed E-state index contributed by atoms with van der Waals surface area (Å²) in [5, 5.41) is 10.7. The molecule has 8 nitrogen and oxygen atoms in total. The molecule has 0 spiro atoms. The number of aryl methyl sites for hydroxylation is 2. The van der Waals surface area contributed by atoms with E-state index in [9.17, 15) is 9.59 Å². The number of fused-ring (bicyclic) bond motifs is 1. The molecule has 0 saturated carbocycles. The van der Waals surface area contributed by atoms with E-state index in [0.717, 1.165) is 16.5 Å². The van der Waals surface area contributed by atoms with Crippen molar-refractivity contribution >= 4 is 34.1 Å². The zero-order valence-corrected chi connectivity index (χ0v) is 18.0. The summed E-state index contributed by atoms with van der Waals surface area (Å²) >= 11 is 0. The topological polar surface area (TPSA) is 98.1 Å². The predicted molar refractivity (Wildman–Crippen MR) is 123 cm³/mol. The van der Waals surface area contributed by atoms with E-state index in [1.807, 2.05) is 31.2 Å². The third-order valence-corrected chi connectivity index (χ3v) is 4.98. The third-order valence-electron chi connectivity index (χ3n) is 4.98. The summed E-state index contributed by atoms with van der Waals surface area (Å²) in [6.45, 7) is 3.82. The van der Waals surface area contributed by atoms with E-state index >= 15 is 0 Å². The Bertz CT molecular complexity index is 1290. The van der Waals surface area contributed by atoms with Gasteiger partial charge in [0.25, 0.3) is 5.91 Å². The standard InChI is InChI=1S/C24H23N5O3/c1-15-4-9-22-17(10-15)11-21(16(2)26-22)24(31)28-19-12-25-29(13-19)14-23(30)27-18-5-7-20(32-3)8-6-18/h4-13H,14H2,1-3H3,(H,27,30)(H,28,31). The molecule has 0 saturated heterocycles. The normalized spacial score (nSPS) is 10.7. The molecule has 0 radical (unpaired) electrons. The number of amides is 2. The number of carbonyl (C=O) groups is 2. The SMILES string of the molecule is COc1ccc(NC(=O)Cn2cc(NC(=O)c3cc4cc(C)ccc4nc3C)cn2)cc1. The molecule has 0 aliphatic rings. The summed E-state index contributed by atoms with van der Waals surface area (Å²) in [6, 6.07) is 14.8. The van der Waals surface area contributed by atoms with Gasteiger partial charge in [0, 0.05) is 17.3 Å².